The minimum Gasteiger partial charge on any atom is -0.476 e. The van der Waals surface area contributed by atoms with Crippen molar-refractivity contribution < 1.29 is 9.90 Å². The third kappa shape index (κ3) is 1.45. The predicted molar refractivity (Wildman–Crippen MR) is 65.6 cm³/mol. The molecule has 1 aliphatic carbocycles. The summed E-state index contributed by atoms with van der Waals surface area (Å²) in [6, 6.07) is 2.36. The van der Waals surface area contributed by atoms with Gasteiger partial charge in [-0.2, -0.15) is 5.26 Å². The second-order valence-corrected chi connectivity index (χ2v) is 5.56. The molecular formula is C13H12N4O2. The van der Waals surface area contributed by atoms with E-state index in [4.69, 9.17) is 5.11 Å². The number of rotatable bonds is 2. The topological polar surface area (TPSA) is 91.3 Å². The second kappa shape index (κ2) is 3.32. The number of carbonyl (C=O) groups is 1. The van der Waals surface area contributed by atoms with E-state index in [-0.39, 0.29) is 11.1 Å². The van der Waals surface area contributed by atoms with Crippen LogP contribution in [0.1, 0.15) is 36.3 Å². The SMILES string of the molecule is CC1(C)CC1(C#N)c1cnc2nc(C(=O)O)cn2c1. The van der Waals surface area contributed by atoms with Gasteiger partial charge in [-0.05, 0) is 11.8 Å². The summed E-state index contributed by atoms with van der Waals surface area (Å²) < 4.78 is 1.56. The average molecular weight is 256 g/mol. The summed E-state index contributed by atoms with van der Waals surface area (Å²) in [7, 11) is 0. The maximum Gasteiger partial charge on any atom is 0.356 e. The Kier molecular flexibility index (Phi) is 2.04. The molecule has 2 aromatic heterocycles. The van der Waals surface area contributed by atoms with Gasteiger partial charge < -0.3 is 5.11 Å². The van der Waals surface area contributed by atoms with Gasteiger partial charge in [-0.25, -0.2) is 14.8 Å². The normalized spacial score (nSPS) is 24.1. The zero-order chi connectivity index (χ0) is 13.8. The number of fused-ring (bicyclic) bond motifs is 1. The van der Waals surface area contributed by atoms with Gasteiger partial charge >= 0.3 is 5.97 Å². The molecule has 6 nitrogen and oxygen atoms in total. The third-order valence-electron chi connectivity index (χ3n) is 3.95. The number of carboxylic acid groups (broad SMARTS) is 1. The lowest BCUT2D eigenvalue weighted by Crippen LogP contribution is -2.13. The van der Waals surface area contributed by atoms with Crippen LogP contribution in [0.2, 0.25) is 0 Å². The fraction of sp³-hybridized carbons (Fsp3) is 0.385. The molecule has 1 saturated carbocycles. The molecule has 1 aliphatic rings. The molecule has 0 radical (unpaired) electrons. The molecule has 6 heteroatoms. The molecule has 19 heavy (non-hydrogen) atoms. The number of nitriles is 1. The van der Waals surface area contributed by atoms with Crippen molar-refractivity contribution >= 4 is 11.7 Å². The largest absolute Gasteiger partial charge is 0.476 e. The monoisotopic (exact) mass is 256 g/mol. The number of carboxylic acids is 1. The van der Waals surface area contributed by atoms with Gasteiger partial charge in [0.05, 0.1) is 11.5 Å². The summed E-state index contributed by atoms with van der Waals surface area (Å²) in [5.41, 5.74) is 0.155. The minimum atomic E-state index is -1.09. The van der Waals surface area contributed by atoms with Crippen LogP contribution in [-0.2, 0) is 5.41 Å². The third-order valence-corrected chi connectivity index (χ3v) is 3.95. The lowest BCUT2D eigenvalue weighted by molar-refractivity contribution is 0.0691. The van der Waals surface area contributed by atoms with Crippen molar-refractivity contribution in [3.8, 4) is 6.07 Å². The van der Waals surface area contributed by atoms with Crippen molar-refractivity contribution in [3.05, 3.63) is 29.8 Å². The number of hydrogen-bond acceptors (Lipinski definition) is 4. The van der Waals surface area contributed by atoms with Gasteiger partial charge in [-0.1, -0.05) is 13.8 Å². The molecule has 0 aromatic carbocycles. The molecule has 0 spiro atoms. The first-order valence-corrected chi connectivity index (χ1v) is 5.89. The van der Waals surface area contributed by atoms with Crippen molar-refractivity contribution in [3.63, 3.8) is 0 Å². The van der Waals surface area contributed by atoms with E-state index in [9.17, 15) is 10.1 Å². The quantitative estimate of drug-likeness (QED) is 0.881. The van der Waals surface area contributed by atoms with Crippen molar-refractivity contribution in [2.24, 2.45) is 5.41 Å². The average Bonchev–Trinajstić information content (AvgIpc) is 2.73. The highest BCUT2D eigenvalue weighted by Gasteiger charge is 2.63. The van der Waals surface area contributed by atoms with Crippen LogP contribution in [-0.4, -0.2) is 25.4 Å². The summed E-state index contributed by atoms with van der Waals surface area (Å²) in [6.45, 7) is 4.08. The van der Waals surface area contributed by atoms with Gasteiger partial charge in [0.15, 0.2) is 5.69 Å². The Morgan fingerprint density at radius 2 is 2.21 bits per heavy atom. The van der Waals surface area contributed by atoms with E-state index in [1.54, 1.807) is 16.8 Å². The first-order valence-electron chi connectivity index (χ1n) is 5.89. The standard InChI is InChI=1S/C13H12N4O2/c1-12(2)6-13(12,7-14)8-3-15-11-16-9(10(18)19)5-17(11)4-8/h3-5H,6H2,1-2H3,(H,18,19). The van der Waals surface area contributed by atoms with E-state index in [1.165, 1.54) is 6.20 Å². The molecule has 2 aromatic rings. The smallest absolute Gasteiger partial charge is 0.356 e. The number of nitrogens with zero attached hydrogens (tertiary/aromatic N) is 4. The van der Waals surface area contributed by atoms with Crippen LogP contribution in [0.4, 0.5) is 0 Å². The number of imidazole rings is 1. The molecule has 1 fully saturated rings. The highest BCUT2D eigenvalue weighted by Crippen LogP contribution is 2.63. The Morgan fingerprint density at radius 1 is 1.53 bits per heavy atom. The second-order valence-electron chi connectivity index (χ2n) is 5.56. The number of hydrogen-bond donors (Lipinski definition) is 1. The predicted octanol–water partition coefficient (Wildman–Crippen LogP) is 1.62. The van der Waals surface area contributed by atoms with Crippen LogP contribution >= 0.6 is 0 Å². The molecule has 0 bridgehead atoms. The zero-order valence-corrected chi connectivity index (χ0v) is 10.6. The maximum atomic E-state index is 10.9. The molecule has 0 saturated heterocycles. The van der Waals surface area contributed by atoms with E-state index >= 15 is 0 Å². The Labute approximate surface area is 109 Å². The fourth-order valence-corrected chi connectivity index (χ4v) is 2.58. The molecular weight excluding hydrogens is 244 g/mol. The van der Waals surface area contributed by atoms with Crippen LogP contribution in [0.15, 0.2) is 18.6 Å². The van der Waals surface area contributed by atoms with Crippen LogP contribution < -0.4 is 0 Å². The van der Waals surface area contributed by atoms with Crippen LogP contribution in [0.5, 0.6) is 0 Å². The van der Waals surface area contributed by atoms with E-state index < -0.39 is 11.4 Å². The Morgan fingerprint density at radius 3 is 2.74 bits per heavy atom. The summed E-state index contributed by atoms with van der Waals surface area (Å²) in [5, 5.41) is 18.3. The van der Waals surface area contributed by atoms with Gasteiger partial charge in [-0.15, -0.1) is 0 Å². The lowest BCUT2D eigenvalue weighted by atomic mass is 9.91. The molecule has 1 N–H and O–H groups in total. The molecule has 1 atom stereocenters. The first-order chi connectivity index (χ1) is 8.89. The molecule has 96 valence electrons. The van der Waals surface area contributed by atoms with Crippen molar-refractivity contribution in [1.82, 2.24) is 14.4 Å². The van der Waals surface area contributed by atoms with Crippen LogP contribution in [0, 0.1) is 16.7 Å². The van der Waals surface area contributed by atoms with Gasteiger partial charge in [0, 0.05) is 24.2 Å². The van der Waals surface area contributed by atoms with E-state index in [0.717, 1.165) is 12.0 Å². The number of aromatic carboxylic acids is 1. The van der Waals surface area contributed by atoms with E-state index in [1.807, 2.05) is 13.8 Å². The first kappa shape index (κ1) is 11.7. The Balaban J connectivity index is 2.13. The summed E-state index contributed by atoms with van der Waals surface area (Å²) in [4.78, 5) is 18.9. The van der Waals surface area contributed by atoms with Crippen LogP contribution in [0.25, 0.3) is 5.78 Å². The van der Waals surface area contributed by atoms with E-state index in [0.29, 0.717) is 5.78 Å². The van der Waals surface area contributed by atoms with Crippen molar-refractivity contribution in [2.45, 2.75) is 25.7 Å². The highest BCUT2D eigenvalue weighted by atomic mass is 16.4. The minimum absolute atomic E-state index is 0.0503. The van der Waals surface area contributed by atoms with Gasteiger partial charge in [0.1, 0.15) is 0 Å². The van der Waals surface area contributed by atoms with Gasteiger partial charge in [0.2, 0.25) is 5.78 Å². The van der Waals surface area contributed by atoms with Crippen molar-refractivity contribution in [1.29, 1.82) is 5.26 Å². The molecule has 3 rings (SSSR count). The maximum absolute atomic E-state index is 10.9. The van der Waals surface area contributed by atoms with E-state index in [2.05, 4.69) is 16.0 Å². The van der Waals surface area contributed by atoms with Gasteiger partial charge in [-0.3, -0.25) is 4.40 Å². The molecule has 1 unspecified atom stereocenters. The number of aromatic nitrogens is 3. The van der Waals surface area contributed by atoms with Crippen LogP contribution in [0.3, 0.4) is 0 Å². The summed E-state index contributed by atoms with van der Waals surface area (Å²) >= 11 is 0. The Hall–Kier alpha value is -2.42. The molecule has 0 amide bonds. The lowest BCUT2D eigenvalue weighted by Gasteiger charge is -2.11. The fourth-order valence-electron chi connectivity index (χ4n) is 2.58. The highest BCUT2D eigenvalue weighted by molar-refractivity contribution is 5.85. The van der Waals surface area contributed by atoms with Gasteiger partial charge in [0.25, 0.3) is 0 Å². The Bertz CT molecular complexity index is 741. The zero-order valence-electron chi connectivity index (χ0n) is 10.6. The summed E-state index contributed by atoms with van der Waals surface area (Å²) in [6.07, 6.45) is 5.56. The van der Waals surface area contributed by atoms with Crippen molar-refractivity contribution in [2.75, 3.05) is 0 Å². The molecule has 0 aliphatic heterocycles. The molecule has 2 heterocycles. The summed E-state index contributed by atoms with van der Waals surface area (Å²) in [5.74, 6) is -0.763.